The Kier molecular flexibility index (Phi) is 7.61. The Morgan fingerprint density at radius 3 is 2.46 bits per heavy atom. The molecule has 144 valence electrons. The van der Waals surface area contributed by atoms with Crippen LogP contribution in [0, 0.1) is 11.3 Å². The Morgan fingerprint density at radius 2 is 1.86 bits per heavy atom. The third-order valence-corrected chi connectivity index (χ3v) is 3.82. The Bertz CT molecular complexity index is 915. The van der Waals surface area contributed by atoms with Gasteiger partial charge in [-0.1, -0.05) is 35.9 Å². The summed E-state index contributed by atoms with van der Waals surface area (Å²) >= 11 is 5.99. The first-order valence-electron chi connectivity index (χ1n) is 8.59. The molecule has 0 bridgehead atoms. The van der Waals surface area contributed by atoms with Gasteiger partial charge in [0.15, 0.2) is 6.61 Å². The molecule has 0 aromatic heterocycles. The smallest absolute Gasteiger partial charge is 0.262 e. The first-order chi connectivity index (χ1) is 13.4. The zero-order chi connectivity index (χ0) is 20.5. The molecule has 7 heteroatoms. The standard InChI is InChI=1S/C21H20ClN3O3/c1-14(2)24-21(27)16(12-23)11-15-7-9-17(10-8-15)28-13-20(26)25-19-6-4-3-5-18(19)22/h3-11,14H,13H2,1-2H3,(H,24,27)(H,25,26)/b16-11+. The number of rotatable bonds is 7. The largest absolute Gasteiger partial charge is 0.484 e. The fraction of sp³-hybridized carbons (Fsp3) is 0.190. The zero-order valence-corrected chi connectivity index (χ0v) is 16.3. The van der Waals surface area contributed by atoms with E-state index in [0.717, 1.165) is 0 Å². The van der Waals surface area contributed by atoms with Gasteiger partial charge >= 0.3 is 0 Å². The zero-order valence-electron chi connectivity index (χ0n) is 15.5. The Labute approximate surface area is 168 Å². The summed E-state index contributed by atoms with van der Waals surface area (Å²) < 4.78 is 5.45. The molecule has 0 radical (unpaired) electrons. The topological polar surface area (TPSA) is 91.2 Å². The predicted octanol–water partition coefficient (Wildman–Crippen LogP) is 3.79. The number of carbonyl (C=O) groups is 2. The van der Waals surface area contributed by atoms with Crippen molar-refractivity contribution in [2.24, 2.45) is 0 Å². The molecule has 0 heterocycles. The maximum Gasteiger partial charge on any atom is 0.262 e. The lowest BCUT2D eigenvalue weighted by molar-refractivity contribution is -0.118. The molecule has 0 aliphatic carbocycles. The van der Waals surface area contributed by atoms with Crippen molar-refractivity contribution in [3.05, 3.63) is 64.7 Å². The molecule has 0 aliphatic heterocycles. The molecule has 0 atom stereocenters. The van der Waals surface area contributed by atoms with Gasteiger partial charge in [-0.2, -0.15) is 5.26 Å². The van der Waals surface area contributed by atoms with Gasteiger partial charge in [-0.25, -0.2) is 0 Å². The second kappa shape index (κ2) is 10.1. The van der Waals surface area contributed by atoms with E-state index in [9.17, 15) is 9.59 Å². The number of carbonyl (C=O) groups excluding carboxylic acids is 2. The van der Waals surface area contributed by atoms with Crippen molar-refractivity contribution in [2.75, 3.05) is 11.9 Å². The molecule has 0 saturated heterocycles. The Morgan fingerprint density at radius 1 is 1.18 bits per heavy atom. The third kappa shape index (κ3) is 6.45. The first kappa shape index (κ1) is 21.0. The van der Waals surface area contributed by atoms with E-state index in [1.54, 1.807) is 48.5 Å². The van der Waals surface area contributed by atoms with Crippen molar-refractivity contribution >= 4 is 35.2 Å². The second-order valence-electron chi connectivity index (χ2n) is 6.18. The molecule has 0 spiro atoms. The summed E-state index contributed by atoms with van der Waals surface area (Å²) in [6.45, 7) is 3.46. The Balaban J connectivity index is 1.94. The molecular formula is C21H20ClN3O3. The lowest BCUT2D eigenvalue weighted by Gasteiger charge is -2.09. The normalized spacial score (nSPS) is 10.9. The van der Waals surface area contributed by atoms with Gasteiger partial charge < -0.3 is 15.4 Å². The predicted molar refractivity (Wildman–Crippen MR) is 109 cm³/mol. The van der Waals surface area contributed by atoms with E-state index in [-0.39, 0.29) is 24.1 Å². The van der Waals surface area contributed by atoms with Gasteiger partial charge in [-0.3, -0.25) is 9.59 Å². The number of ether oxygens (including phenoxy) is 1. The van der Waals surface area contributed by atoms with Gasteiger partial charge in [0.2, 0.25) is 0 Å². The van der Waals surface area contributed by atoms with E-state index in [1.165, 1.54) is 6.08 Å². The molecule has 2 aromatic rings. The molecule has 0 aliphatic rings. The van der Waals surface area contributed by atoms with Crippen LogP contribution in [0.2, 0.25) is 5.02 Å². The van der Waals surface area contributed by atoms with Gasteiger partial charge in [0.25, 0.3) is 11.8 Å². The molecule has 2 rings (SSSR count). The number of nitriles is 1. The van der Waals surface area contributed by atoms with Crippen LogP contribution in [0.4, 0.5) is 5.69 Å². The summed E-state index contributed by atoms with van der Waals surface area (Å²) in [5, 5.41) is 14.9. The molecule has 2 N–H and O–H groups in total. The third-order valence-electron chi connectivity index (χ3n) is 3.49. The summed E-state index contributed by atoms with van der Waals surface area (Å²) in [6, 6.07) is 15.5. The second-order valence-corrected chi connectivity index (χ2v) is 6.59. The lowest BCUT2D eigenvalue weighted by atomic mass is 10.1. The molecule has 6 nitrogen and oxygen atoms in total. The summed E-state index contributed by atoms with van der Waals surface area (Å²) in [7, 11) is 0. The van der Waals surface area contributed by atoms with Crippen LogP contribution in [0.15, 0.2) is 54.1 Å². The van der Waals surface area contributed by atoms with E-state index in [2.05, 4.69) is 10.6 Å². The van der Waals surface area contributed by atoms with Gasteiger partial charge in [0.05, 0.1) is 10.7 Å². The van der Waals surface area contributed by atoms with E-state index in [4.69, 9.17) is 21.6 Å². The summed E-state index contributed by atoms with van der Waals surface area (Å²) in [4.78, 5) is 23.9. The molecular weight excluding hydrogens is 378 g/mol. The first-order valence-corrected chi connectivity index (χ1v) is 8.96. The fourth-order valence-corrected chi connectivity index (χ4v) is 2.40. The maximum atomic E-state index is 12.0. The van der Waals surface area contributed by atoms with E-state index in [0.29, 0.717) is 22.0 Å². The number of benzene rings is 2. The molecule has 0 saturated carbocycles. The van der Waals surface area contributed by atoms with Crippen LogP contribution in [0.1, 0.15) is 19.4 Å². The van der Waals surface area contributed by atoms with E-state index >= 15 is 0 Å². The SMILES string of the molecule is CC(C)NC(=O)/C(C#N)=C/c1ccc(OCC(=O)Nc2ccccc2Cl)cc1. The molecule has 0 unspecified atom stereocenters. The maximum absolute atomic E-state index is 12.0. The van der Waals surface area contributed by atoms with Crippen molar-refractivity contribution in [3.8, 4) is 11.8 Å². The number of hydrogen-bond donors (Lipinski definition) is 2. The fourth-order valence-electron chi connectivity index (χ4n) is 2.21. The van der Waals surface area contributed by atoms with Gasteiger partial charge in [0.1, 0.15) is 17.4 Å². The number of halogens is 1. The van der Waals surface area contributed by atoms with Crippen molar-refractivity contribution in [3.63, 3.8) is 0 Å². The van der Waals surface area contributed by atoms with Crippen molar-refractivity contribution in [1.82, 2.24) is 5.32 Å². The van der Waals surface area contributed by atoms with Crippen LogP contribution in [0.3, 0.4) is 0 Å². The van der Waals surface area contributed by atoms with Crippen molar-refractivity contribution < 1.29 is 14.3 Å². The van der Waals surface area contributed by atoms with Crippen LogP contribution >= 0.6 is 11.6 Å². The van der Waals surface area contributed by atoms with Gasteiger partial charge in [-0.05, 0) is 49.8 Å². The molecule has 2 amide bonds. The summed E-state index contributed by atoms with van der Waals surface area (Å²) in [6.07, 6.45) is 1.49. The highest BCUT2D eigenvalue weighted by Gasteiger charge is 2.10. The van der Waals surface area contributed by atoms with Crippen LogP contribution in [0.25, 0.3) is 6.08 Å². The van der Waals surface area contributed by atoms with E-state index < -0.39 is 5.91 Å². The number of anilines is 1. The monoisotopic (exact) mass is 397 g/mol. The molecule has 0 fully saturated rings. The van der Waals surface area contributed by atoms with E-state index in [1.807, 2.05) is 19.9 Å². The average Bonchev–Trinajstić information content (AvgIpc) is 2.66. The molecule has 2 aromatic carbocycles. The molecule has 28 heavy (non-hydrogen) atoms. The number of hydrogen-bond acceptors (Lipinski definition) is 4. The quantitative estimate of drug-likeness (QED) is 0.549. The number of nitrogens with zero attached hydrogens (tertiary/aromatic N) is 1. The van der Waals surface area contributed by atoms with Crippen LogP contribution in [0.5, 0.6) is 5.75 Å². The minimum absolute atomic E-state index is 0.0153. The van der Waals surface area contributed by atoms with Gasteiger partial charge in [0, 0.05) is 6.04 Å². The lowest BCUT2D eigenvalue weighted by Crippen LogP contribution is -2.30. The van der Waals surface area contributed by atoms with Gasteiger partial charge in [-0.15, -0.1) is 0 Å². The highest BCUT2D eigenvalue weighted by molar-refractivity contribution is 6.33. The Hall–Kier alpha value is -3.30. The van der Waals surface area contributed by atoms with Crippen molar-refractivity contribution in [2.45, 2.75) is 19.9 Å². The number of para-hydroxylation sites is 1. The minimum Gasteiger partial charge on any atom is -0.484 e. The van der Waals surface area contributed by atoms with Crippen LogP contribution in [-0.4, -0.2) is 24.5 Å². The highest BCUT2D eigenvalue weighted by atomic mass is 35.5. The average molecular weight is 398 g/mol. The summed E-state index contributed by atoms with van der Waals surface area (Å²) in [5.41, 5.74) is 1.20. The minimum atomic E-state index is -0.422. The van der Waals surface area contributed by atoms with Crippen molar-refractivity contribution in [1.29, 1.82) is 5.26 Å². The summed E-state index contributed by atoms with van der Waals surface area (Å²) in [5.74, 6) is -0.278. The number of nitrogens with one attached hydrogen (secondary N) is 2. The highest BCUT2D eigenvalue weighted by Crippen LogP contribution is 2.20. The van der Waals surface area contributed by atoms with Crippen LogP contribution < -0.4 is 15.4 Å². The van der Waals surface area contributed by atoms with Crippen LogP contribution in [-0.2, 0) is 9.59 Å². The number of amides is 2.